The molecule has 1 heterocycles. The Kier molecular flexibility index (Phi) is 1.26. The summed E-state index contributed by atoms with van der Waals surface area (Å²) in [5, 5.41) is 8.67. The minimum absolute atomic E-state index is 0.276. The number of rotatable bonds is 0. The molecule has 1 aromatic rings. The maximum atomic E-state index is 10.5. The van der Waals surface area contributed by atoms with E-state index in [2.05, 4.69) is 11.9 Å². The van der Waals surface area contributed by atoms with E-state index in [0.29, 0.717) is 5.69 Å². The zero-order valence-corrected chi connectivity index (χ0v) is 4.72. The third-order valence-electron chi connectivity index (χ3n) is 0.952. The highest BCUT2D eigenvalue weighted by Crippen LogP contribution is 1.95. The first-order valence-corrected chi connectivity index (χ1v) is 2.44. The van der Waals surface area contributed by atoms with Gasteiger partial charge in [-0.25, -0.2) is 0 Å². The van der Waals surface area contributed by atoms with Crippen LogP contribution in [0.4, 0.5) is 0 Å². The second-order valence-corrected chi connectivity index (χ2v) is 1.71. The first-order chi connectivity index (χ1) is 4.20. The molecule has 0 spiro atoms. The van der Waals surface area contributed by atoms with Crippen LogP contribution in [0.15, 0.2) is 17.1 Å². The summed E-state index contributed by atoms with van der Waals surface area (Å²) < 4.78 is 0. The maximum Gasteiger partial charge on any atom is 0.223 e. The molecule has 0 amide bonds. The Morgan fingerprint density at radius 3 is 2.78 bits per heavy atom. The van der Waals surface area contributed by atoms with E-state index in [9.17, 15) is 4.79 Å². The molecule has 1 rings (SSSR count). The second-order valence-electron chi connectivity index (χ2n) is 1.71. The van der Waals surface area contributed by atoms with Crippen molar-refractivity contribution in [2.24, 2.45) is 0 Å². The van der Waals surface area contributed by atoms with Crippen molar-refractivity contribution in [3.63, 3.8) is 0 Å². The van der Waals surface area contributed by atoms with Gasteiger partial charge in [-0.1, -0.05) is 0 Å². The van der Waals surface area contributed by atoms with Crippen molar-refractivity contribution < 1.29 is 5.11 Å². The molecule has 0 fully saturated rings. The van der Waals surface area contributed by atoms with Gasteiger partial charge in [-0.15, -0.1) is 0 Å². The Morgan fingerprint density at radius 1 is 1.67 bits per heavy atom. The Hall–Kier alpha value is -1.25. The first kappa shape index (κ1) is 5.88. The number of H-pyrrole nitrogens is 1. The van der Waals surface area contributed by atoms with Crippen LogP contribution >= 0.6 is 0 Å². The topological polar surface area (TPSA) is 53.1 Å². The number of aromatic hydroxyl groups is 1. The van der Waals surface area contributed by atoms with E-state index in [1.165, 1.54) is 12.3 Å². The highest BCUT2D eigenvalue weighted by molar-refractivity contribution is 5.19. The molecule has 0 aliphatic rings. The van der Waals surface area contributed by atoms with Crippen LogP contribution in [0, 0.1) is 6.92 Å². The molecule has 3 heteroatoms. The maximum absolute atomic E-state index is 10.5. The summed E-state index contributed by atoms with van der Waals surface area (Å²) in [5.74, 6) is -0.276. The SMILES string of the molecule is [CH2]c1cc(=O)c(O)c[nH]1. The van der Waals surface area contributed by atoms with Gasteiger partial charge >= 0.3 is 0 Å². The molecule has 0 saturated carbocycles. The lowest BCUT2D eigenvalue weighted by Crippen LogP contribution is -1.99. The van der Waals surface area contributed by atoms with Crippen LogP contribution in [-0.2, 0) is 0 Å². The fourth-order valence-corrected chi connectivity index (χ4v) is 0.506. The predicted octanol–water partition coefficient (Wildman–Crippen LogP) is 0.263. The van der Waals surface area contributed by atoms with E-state index < -0.39 is 5.43 Å². The van der Waals surface area contributed by atoms with Gasteiger partial charge in [0.05, 0.1) is 0 Å². The molecule has 2 N–H and O–H groups in total. The highest BCUT2D eigenvalue weighted by atomic mass is 16.3. The minimum Gasteiger partial charge on any atom is -0.503 e. The molecular formula is C6H6NO2. The summed E-state index contributed by atoms with van der Waals surface area (Å²) in [4.78, 5) is 13.1. The molecule has 0 aliphatic heterocycles. The minimum atomic E-state index is -0.404. The number of nitrogens with one attached hydrogen (secondary N) is 1. The molecule has 3 nitrogen and oxygen atoms in total. The predicted molar refractivity (Wildman–Crippen MR) is 33.2 cm³/mol. The standard InChI is InChI=1S/C6H6NO2/c1-4-2-5(8)6(9)3-7-4/h2-3,9H,1H2,(H,7,8). The van der Waals surface area contributed by atoms with Gasteiger partial charge in [0, 0.05) is 18.0 Å². The van der Waals surface area contributed by atoms with Crippen molar-refractivity contribution in [3.05, 3.63) is 35.1 Å². The normalized spacial score (nSPS) is 9.44. The lowest BCUT2D eigenvalue weighted by atomic mass is 10.4. The molecule has 0 aromatic carbocycles. The summed E-state index contributed by atoms with van der Waals surface area (Å²) in [6.07, 6.45) is 1.21. The quantitative estimate of drug-likeness (QED) is 0.521. The second kappa shape index (κ2) is 1.93. The number of hydrogen-bond donors (Lipinski definition) is 2. The first-order valence-electron chi connectivity index (χ1n) is 2.44. The van der Waals surface area contributed by atoms with Gasteiger partial charge in [-0.3, -0.25) is 4.79 Å². The molecule has 0 saturated heterocycles. The summed E-state index contributed by atoms with van der Waals surface area (Å²) >= 11 is 0. The van der Waals surface area contributed by atoms with Gasteiger partial charge in [0.25, 0.3) is 0 Å². The third-order valence-corrected chi connectivity index (χ3v) is 0.952. The number of hydrogen-bond acceptors (Lipinski definition) is 2. The molecule has 0 atom stereocenters. The Morgan fingerprint density at radius 2 is 2.33 bits per heavy atom. The molecule has 1 aromatic heterocycles. The van der Waals surface area contributed by atoms with Crippen LogP contribution in [0.1, 0.15) is 5.69 Å². The highest BCUT2D eigenvalue weighted by Gasteiger charge is 1.92. The molecular weight excluding hydrogens is 118 g/mol. The number of pyridine rings is 1. The summed E-state index contributed by atoms with van der Waals surface area (Å²) in [7, 11) is 0. The van der Waals surface area contributed by atoms with E-state index in [1.807, 2.05) is 0 Å². The Bertz CT molecular complexity index is 264. The van der Waals surface area contributed by atoms with Crippen LogP contribution in [-0.4, -0.2) is 10.1 Å². The summed E-state index contributed by atoms with van der Waals surface area (Å²) in [6.45, 7) is 3.46. The fraction of sp³-hybridized carbons (Fsp3) is 0. The summed E-state index contributed by atoms with van der Waals surface area (Å²) in [5.41, 5.74) is 0.0940. The van der Waals surface area contributed by atoms with E-state index in [-0.39, 0.29) is 5.75 Å². The zero-order chi connectivity index (χ0) is 6.85. The van der Waals surface area contributed by atoms with E-state index in [1.54, 1.807) is 0 Å². The van der Waals surface area contributed by atoms with Crippen LogP contribution in [0.3, 0.4) is 0 Å². The van der Waals surface area contributed by atoms with Gasteiger partial charge in [0.15, 0.2) is 5.75 Å². The van der Waals surface area contributed by atoms with Gasteiger partial charge < -0.3 is 10.1 Å². The van der Waals surface area contributed by atoms with Crippen molar-refractivity contribution in [2.75, 3.05) is 0 Å². The van der Waals surface area contributed by atoms with Gasteiger partial charge in [0.2, 0.25) is 5.43 Å². The largest absolute Gasteiger partial charge is 0.503 e. The molecule has 0 unspecified atom stereocenters. The van der Waals surface area contributed by atoms with Crippen molar-refractivity contribution >= 4 is 0 Å². The van der Waals surface area contributed by atoms with Gasteiger partial charge in [-0.05, 0) is 6.92 Å². The molecule has 1 radical (unpaired) electrons. The smallest absolute Gasteiger partial charge is 0.223 e. The molecule has 0 bridgehead atoms. The number of aromatic amines is 1. The third kappa shape index (κ3) is 1.10. The fourth-order valence-electron chi connectivity index (χ4n) is 0.506. The Balaban J connectivity index is 3.34. The molecule has 0 aliphatic carbocycles. The van der Waals surface area contributed by atoms with Gasteiger partial charge in [0.1, 0.15) is 0 Å². The van der Waals surface area contributed by atoms with E-state index in [4.69, 9.17) is 5.11 Å². The van der Waals surface area contributed by atoms with Gasteiger partial charge in [-0.2, -0.15) is 0 Å². The van der Waals surface area contributed by atoms with Crippen molar-refractivity contribution in [3.8, 4) is 5.75 Å². The van der Waals surface area contributed by atoms with Crippen molar-refractivity contribution in [1.29, 1.82) is 0 Å². The van der Waals surface area contributed by atoms with Crippen molar-refractivity contribution in [2.45, 2.75) is 0 Å². The Labute approximate surface area is 52.0 Å². The van der Waals surface area contributed by atoms with Crippen LogP contribution < -0.4 is 5.43 Å². The summed E-state index contributed by atoms with van der Waals surface area (Å²) in [6, 6.07) is 1.23. The van der Waals surface area contributed by atoms with E-state index in [0.717, 1.165) is 0 Å². The lowest BCUT2D eigenvalue weighted by molar-refractivity contribution is 0.467. The average molecular weight is 124 g/mol. The molecule has 9 heavy (non-hydrogen) atoms. The lowest BCUT2D eigenvalue weighted by Gasteiger charge is -1.90. The van der Waals surface area contributed by atoms with Crippen LogP contribution in [0.5, 0.6) is 5.75 Å². The number of aromatic nitrogens is 1. The monoisotopic (exact) mass is 124 g/mol. The van der Waals surface area contributed by atoms with E-state index >= 15 is 0 Å². The zero-order valence-electron chi connectivity index (χ0n) is 4.72. The average Bonchev–Trinajstić information content (AvgIpc) is 1.80. The van der Waals surface area contributed by atoms with Crippen LogP contribution in [0.2, 0.25) is 0 Å². The molecule has 47 valence electrons. The van der Waals surface area contributed by atoms with Crippen LogP contribution in [0.25, 0.3) is 0 Å². The van der Waals surface area contributed by atoms with Crippen molar-refractivity contribution in [1.82, 2.24) is 4.98 Å².